The van der Waals surface area contributed by atoms with E-state index < -0.39 is 16.1 Å². The van der Waals surface area contributed by atoms with Crippen LogP contribution < -0.4 is 5.73 Å². The van der Waals surface area contributed by atoms with E-state index in [9.17, 15) is 13.5 Å². The highest BCUT2D eigenvalue weighted by Crippen LogP contribution is 2.28. The van der Waals surface area contributed by atoms with Gasteiger partial charge in [0.25, 0.3) is 0 Å². The average molecular weight is 305 g/mol. The summed E-state index contributed by atoms with van der Waals surface area (Å²) in [4.78, 5) is 0.0784. The Morgan fingerprint density at radius 3 is 2.74 bits per heavy atom. The maximum absolute atomic E-state index is 12.4. The molecule has 1 aliphatic heterocycles. The van der Waals surface area contributed by atoms with E-state index in [1.54, 1.807) is 6.92 Å². The maximum atomic E-state index is 12.4. The van der Waals surface area contributed by atoms with Crippen LogP contribution in [-0.4, -0.2) is 37.0 Å². The number of aliphatic hydroxyl groups excluding tert-OH is 1. The Hall–Kier alpha value is -0.820. The third-order valence-corrected chi connectivity index (χ3v) is 5.59. The molecular weight excluding hydrogens is 288 g/mol. The van der Waals surface area contributed by atoms with Crippen molar-refractivity contribution in [1.29, 1.82) is 0 Å². The number of nitrogen functional groups attached to an aromatic ring is 1. The van der Waals surface area contributed by atoms with Crippen molar-refractivity contribution in [1.82, 2.24) is 4.31 Å². The average Bonchev–Trinajstić information content (AvgIpc) is 2.35. The Balaban J connectivity index is 2.39. The van der Waals surface area contributed by atoms with E-state index in [0.717, 1.165) is 0 Å². The molecule has 1 aromatic carbocycles. The number of sulfonamides is 1. The molecule has 0 aliphatic carbocycles. The van der Waals surface area contributed by atoms with Gasteiger partial charge in [0.2, 0.25) is 10.0 Å². The quantitative estimate of drug-likeness (QED) is 0.809. The SMILES string of the molecule is Cc1c(N)cc(S(=O)(=O)N2CCC[C@H](O)C2)cc1Cl. The van der Waals surface area contributed by atoms with Crippen molar-refractivity contribution in [3.8, 4) is 0 Å². The van der Waals surface area contributed by atoms with Gasteiger partial charge in [-0.05, 0) is 37.5 Å². The number of aliphatic hydroxyl groups is 1. The summed E-state index contributed by atoms with van der Waals surface area (Å²) >= 11 is 5.98. The van der Waals surface area contributed by atoms with Gasteiger partial charge in [-0.15, -0.1) is 0 Å². The molecule has 1 heterocycles. The molecule has 0 aromatic heterocycles. The van der Waals surface area contributed by atoms with Gasteiger partial charge in [0, 0.05) is 23.8 Å². The van der Waals surface area contributed by atoms with Gasteiger partial charge in [-0.1, -0.05) is 11.6 Å². The summed E-state index contributed by atoms with van der Waals surface area (Å²) in [5.41, 5.74) is 6.77. The van der Waals surface area contributed by atoms with Gasteiger partial charge in [-0.3, -0.25) is 0 Å². The van der Waals surface area contributed by atoms with Crippen molar-refractivity contribution in [2.75, 3.05) is 18.8 Å². The first-order valence-corrected chi connectivity index (χ1v) is 7.88. The minimum absolute atomic E-state index is 0.0784. The fourth-order valence-electron chi connectivity index (χ4n) is 2.11. The summed E-state index contributed by atoms with van der Waals surface area (Å²) in [6.45, 7) is 2.26. The van der Waals surface area contributed by atoms with Gasteiger partial charge in [0.1, 0.15) is 0 Å². The van der Waals surface area contributed by atoms with E-state index in [4.69, 9.17) is 17.3 Å². The highest BCUT2D eigenvalue weighted by molar-refractivity contribution is 7.89. The Morgan fingerprint density at radius 1 is 1.47 bits per heavy atom. The Labute approximate surface area is 118 Å². The third-order valence-electron chi connectivity index (χ3n) is 3.36. The van der Waals surface area contributed by atoms with Crippen LogP contribution in [-0.2, 0) is 10.0 Å². The lowest BCUT2D eigenvalue weighted by atomic mass is 10.1. The lowest BCUT2D eigenvalue weighted by Gasteiger charge is -2.29. The van der Waals surface area contributed by atoms with Gasteiger partial charge in [0.05, 0.1) is 11.0 Å². The molecule has 0 spiro atoms. The van der Waals surface area contributed by atoms with Crippen molar-refractivity contribution < 1.29 is 13.5 Å². The molecule has 19 heavy (non-hydrogen) atoms. The number of nitrogens with zero attached hydrogens (tertiary/aromatic N) is 1. The highest BCUT2D eigenvalue weighted by atomic mass is 35.5. The van der Waals surface area contributed by atoms with Gasteiger partial charge >= 0.3 is 0 Å². The lowest BCUT2D eigenvalue weighted by Crippen LogP contribution is -2.42. The minimum Gasteiger partial charge on any atom is -0.398 e. The van der Waals surface area contributed by atoms with Gasteiger partial charge < -0.3 is 10.8 Å². The number of hydrogen-bond acceptors (Lipinski definition) is 4. The van der Waals surface area contributed by atoms with Gasteiger partial charge in [-0.25, -0.2) is 8.42 Å². The predicted octanol–water partition coefficient (Wildman–Crippen LogP) is 1.38. The van der Waals surface area contributed by atoms with Crippen LogP contribution in [0.25, 0.3) is 0 Å². The molecule has 7 heteroatoms. The Kier molecular flexibility index (Phi) is 4.06. The largest absolute Gasteiger partial charge is 0.398 e. The number of rotatable bonds is 2. The van der Waals surface area contributed by atoms with Crippen LogP contribution in [0.2, 0.25) is 5.02 Å². The summed E-state index contributed by atoms with van der Waals surface area (Å²) in [5.74, 6) is 0. The monoisotopic (exact) mass is 304 g/mol. The standard InChI is InChI=1S/C12H17ClN2O3S/c1-8-11(13)5-10(6-12(8)14)19(17,18)15-4-2-3-9(16)7-15/h5-6,9,16H,2-4,7,14H2,1H3/t9-/m0/s1. The predicted molar refractivity (Wildman–Crippen MR) is 74.6 cm³/mol. The molecule has 0 radical (unpaired) electrons. The molecule has 1 fully saturated rings. The van der Waals surface area contributed by atoms with Crippen LogP contribution in [0.5, 0.6) is 0 Å². The zero-order valence-corrected chi connectivity index (χ0v) is 12.2. The fourth-order valence-corrected chi connectivity index (χ4v) is 3.98. The molecule has 5 nitrogen and oxygen atoms in total. The van der Waals surface area contributed by atoms with Crippen molar-refractivity contribution >= 4 is 27.3 Å². The summed E-state index contributed by atoms with van der Waals surface area (Å²) in [7, 11) is -3.65. The number of anilines is 1. The second-order valence-electron chi connectivity index (χ2n) is 4.78. The number of β-amino-alcohol motifs (C(OH)–C–C–N with tert-alkyl or cyclic N) is 1. The normalized spacial score (nSPS) is 21.5. The summed E-state index contributed by atoms with van der Waals surface area (Å²) in [5, 5.41) is 9.92. The molecule has 0 saturated carbocycles. The molecule has 0 amide bonds. The highest BCUT2D eigenvalue weighted by Gasteiger charge is 2.30. The fraction of sp³-hybridized carbons (Fsp3) is 0.500. The lowest BCUT2D eigenvalue weighted by molar-refractivity contribution is 0.108. The van der Waals surface area contributed by atoms with E-state index in [1.165, 1.54) is 16.4 Å². The Morgan fingerprint density at radius 2 is 2.16 bits per heavy atom. The van der Waals surface area contributed by atoms with Crippen molar-refractivity contribution in [3.63, 3.8) is 0 Å². The topological polar surface area (TPSA) is 83.6 Å². The van der Waals surface area contributed by atoms with Crippen LogP contribution >= 0.6 is 11.6 Å². The molecule has 0 bridgehead atoms. The van der Waals surface area contributed by atoms with Crippen molar-refractivity contribution in [3.05, 3.63) is 22.7 Å². The van der Waals surface area contributed by atoms with E-state index in [2.05, 4.69) is 0 Å². The molecule has 1 aromatic rings. The molecule has 0 unspecified atom stereocenters. The number of nitrogens with two attached hydrogens (primary N) is 1. The third kappa shape index (κ3) is 2.86. The smallest absolute Gasteiger partial charge is 0.243 e. The second kappa shape index (κ2) is 5.28. The van der Waals surface area contributed by atoms with E-state index in [1.807, 2.05) is 0 Å². The number of halogens is 1. The second-order valence-corrected chi connectivity index (χ2v) is 7.12. The molecule has 2 rings (SSSR count). The first-order chi connectivity index (χ1) is 8.82. The molecule has 1 aliphatic rings. The zero-order chi connectivity index (χ0) is 14.2. The van der Waals surface area contributed by atoms with E-state index >= 15 is 0 Å². The van der Waals surface area contributed by atoms with Crippen LogP contribution in [0.3, 0.4) is 0 Å². The van der Waals surface area contributed by atoms with Gasteiger partial charge in [-0.2, -0.15) is 4.31 Å². The van der Waals surface area contributed by atoms with Crippen LogP contribution in [0.1, 0.15) is 18.4 Å². The zero-order valence-electron chi connectivity index (χ0n) is 10.6. The molecule has 1 saturated heterocycles. The van der Waals surface area contributed by atoms with E-state index in [0.29, 0.717) is 35.7 Å². The van der Waals surface area contributed by atoms with Gasteiger partial charge in [0.15, 0.2) is 0 Å². The molecule has 3 N–H and O–H groups in total. The van der Waals surface area contributed by atoms with Crippen LogP contribution in [0.15, 0.2) is 17.0 Å². The van der Waals surface area contributed by atoms with Crippen LogP contribution in [0, 0.1) is 6.92 Å². The summed E-state index contributed by atoms with van der Waals surface area (Å²) < 4.78 is 26.2. The molecular formula is C12H17ClN2O3S. The first kappa shape index (κ1) is 14.6. The number of hydrogen-bond donors (Lipinski definition) is 2. The Bertz CT molecular complexity index is 566. The minimum atomic E-state index is -3.65. The van der Waals surface area contributed by atoms with E-state index in [-0.39, 0.29) is 11.4 Å². The first-order valence-electron chi connectivity index (χ1n) is 6.06. The summed E-state index contributed by atoms with van der Waals surface area (Å²) in [6.07, 6.45) is 0.667. The maximum Gasteiger partial charge on any atom is 0.243 e. The van der Waals surface area contributed by atoms with Crippen LogP contribution in [0.4, 0.5) is 5.69 Å². The molecule has 1 atom stereocenters. The molecule has 106 valence electrons. The number of benzene rings is 1. The number of piperidine rings is 1. The summed E-state index contributed by atoms with van der Waals surface area (Å²) in [6, 6.07) is 2.82. The van der Waals surface area contributed by atoms with Crippen molar-refractivity contribution in [2.45, 2.75) is 30.8 Å². The van der Waals surface area contributed by atoms with Crippen molar-refractivity contribution in [2.24, 2.45) is 0 Å².